The summed E-state index contributed by atoms with van der Waals surface area (Å²) in [5, 5.41) is 20.9. The number of ether oxygens (including phenoxy) is 1. The average molecular weight is 712 g/mol. The quantitative estimate of drug-likeness (QED) is 0.183. The van der Waals surface area contributed by atoms with E-state index in [4.69, 9.17) is 4.74 Å². The molecule has 266 valence electrons. The predicted octanol–water partition coefficient (Wildman–Crippen LogP) is 5.71. The second kappa shape index (κ2) is 13.8. The highest BCUT2D eigenvalue weighted by Gasteiger charge is 2.41. The van der Waals surface area contributed by atoms with Gasteiger partial charge in [-0.1, -0.05) is 62.4 Å². The number of aromatic carboxylic acids is 1. The van der Waals surface area contributed by atoms with Crippen molar-refractivity contribution in [1.29, 1.82) is 0 Å². The van der Waals surface area contributed by atoms with Crippen molar-refractivity contribution in [3.63, 3.8) is 0 Å². The smallest absolute Gasteiger partial charge is 0.373 e. The van der Waals surface area contributed by atoms with E-state index in [1.807, 2.05) is 76.6 Å². The number of aromatic nitrogens is 5. The minimum atomic E-state index is -3.90. The van der Waals surface area contributed by atoms with Gasteiger partial charge in [-0.25, -0.2) is 27.9 Å². The number of benzene rings is 3. The number of fused-ring (bicyclic) bond motifs is 2. The maximum atomic E-state index is 14.2. The maximum Gasteiger partial charge on any atom is 0.373 e. The number of hydrogen-bond donors (Lipinski definition) is 2. The van der Waals surface area contributed by atoms with Crippen LogP contribution in [0.5, 0.6) is 5.75 Å². The Morgan fingerprint density at radius 1 is 1.06 bits per heavy atom. The van der Waals surface area contributed by atoms with Gasteiger partial charge in [-0.05, 0) is 73.2 Å². The van der Waals surface area contributed by atoms with Gasteiger partial charge in [-0.2, -0.15) is 4.31 Å². The Balaban J connectivity index is 1.44. The molecule has 1 aliphatic heterocycles. The van der Waals surface area contributed by atoms with Crippen LogP contribution in [0.15, 0.2) is 71.9 Å². The number of amides is 1. The van der Waals surface area contributed by atoms with Crippen LogP contribution in [0.2, 0.25) is 0 Å². The van der Waals surface area contributed by atoms with Crippen LogP contribution >= 0.6 is 0 Å². The fourth-order valence-electron chi connectivity index (χ4n) is 6.68. The lowest BCUT2D eigenvalue weighted by Gasteiger charge is -2.35. The molecule has 0 radical (unpaired) electrons. The molecule has 0 saturated heterocycles. The molecule has 6 rings (SSSR count). The van der Waals surface area contributed by atoms with Crippen molar-refractivity contribution in [2.75, 3.05) is 11.9 Å². The number of para-hydroxylation sites is 1. The van der Waals surface area contributed by atoms with Crippen LogP contribution in [0.25, 0.3) is 11.0 Å². The van der Waals surface area contributed by atoms with E-state index in [0.717, 1.165) is 38.9 Å². The molecule has 2 atom stereocenters. The number of anilines is 1. The number of sulfonamides is 1. The van der Waals surface area contributed by atoms with E-state index < -0.39 is 27.3 Å². The summed E-state index contributed by atoms with van der Waals surface area (Å²) in [4.78, 5) is 33.4. The molecule has 0 saturated carbocycles. The van der Waals surface area contributed by atoms with Crippen molar-refractivity contribution >= 4 is 38.6 Å². The number of rotatable bonds is 10. The number of carbonyl (C=O) groups is 2. The molecule has 51 heavy (non-hydrogen) atoms. The summed E-state index contributed by atoms with van der Waals surface area (Å²) in [7, 11) is -3.90. The van der Waals surface area contributed by atoms with Gasteiger partial charge in [0.2, 0.25) is 21.8 Å². The maximum absolute atomic E-state index is 14.2. The lowest BCUT2D eigenvalue weighted by atomic mass is 9.69. The molecule has 0 fully saturated rings. The zero-order valence-electron chi connectivity index (χ0n) is 29.4. The van der Waals surface area contributed by atoms with Crippen molar-refractivity contribution in [2.24, 2.45) is 5.41 Å². The Bertz CT molecular complexity index is 2230. The fourth-order valence-corrected chi connectivity index (χ4v) is 8.25. The van der Waals surface area contributed by atoms with Gasteiger partial charge in [0.1, 0.15) is 22.3 Å². The SMILES string of the molecule is CC[C@@H]1CN(Cc2cc([C@@H](c3ccc4c(nnn4CC)c3C)C(C)(C)C(=O)Nc3cnc(C(=O)O)nc3)ccc2C)S(=O)(=O)c2ccccc2O1. The van der Waals surface area contributed by atoms with Gasteiger partial charge in [-0.15, -0.1) is 5.10 Å². The van der Waals surface area contributed by atoms with E-state index in [2.05, 4.69) is 25.6 Å². The standard InChI is InChI=1S/C37H41N7O6S/c1-7-27-21-43(51(48,49)31-12-10-9-11-30(31)50-27)20-25-17-24(14-13-22(25)3)32(28-15-16-29-33(23(28)4)41-42-44(29)8-2)37(5,6)36(47)40-26-18-38-34(35(45)46)39-19-26/h9-19,27,32H,7-8,20-21H2,1-6H3,(H,40,47)(H,45,46)/t27-,32+/m1/s1. The van der Waals surface area contributed by atoms with Crippen molar-refractivity contribution in [3.8, 4) is 5.75 Å². The van der Waals surface area contributed by atoms with Crippen LogP contribution < -0.4 is 10.1 Å². The van der Waals surface area contributed by atoms with Crippen LogP contribution in [-0.2, 0) is 27.9 Å². The lowest BCUT2D eigenvalue weighted by molar-refractivity contribution is -0.124. The Morgan fingerprint density at radius 3 is 2.47 bits per heavy atom. The second-order valence-corrected chi connectivity index (χ2v) is 15.2. The van der Waals surface area contributed by atoms with E-state index in [0.29, 0.717) is 18.7 Å². The van der Waals surface area contributed by atoms with Gasteiger partial charge in [0.15, 0.2) is 0 Å². The predicted molar refractivity (Wildman–Crippen MR) is 191 cm³/mol. The number of nitrogens with one attached hydrogen (secondary N) is 1. The first-order valence-corrected chi connectivity index (χ1v) is 18.2. The number of hydrogen-bond acceptors (Lipinski definition) is 9. The summed E-state index contributed by atoms with van der Waals surface area (Å²) in [5.41, 5.74) is 4.94. The lowest BCUT2D eigenvalue weighted by Crippen LogP contribution is -2.38. The van der Waals surface area contributed by atoms with E-state index >= 15 is 0 Å². The minimum absolute atomic E-state index is 0.103. The third-order valence-electron chi connectivity index (χ3n) is 9.68. The van der Waals surface area contributed by atoms with Gasteiger partial charge in [0.05, 0.1) is 35.6 Å². The van der Waals surface area contributed by atoms with Crippen molar-refractivity contribution in [1.82, 2.24) is 29.3 Å². The molecule has 0 bridgehead atoms. The monoisotopic (exact) mass is 711 g/mol. The summed E-state index contributed by atoms with van der Waals surface area (Å²) < 4.78 is 37.5. The van der Waals surface area contributed by atoms with Gasteiger partial charge in [-0.3, -0.25) is 4.79 Å². The molecule has 14 heteroatoms. The Hall–Kier alpha value is -5.21. The largest absolute Gasteiger partial charge is 0.488 e. The van der Waals surface area contributed by atoms with E-state index in [1.165, 1.54) is 16.7 Å². The molecule has 0 aliphatic carbocycles. The highest BCUT2D eigenvalue weighted by molar-refractivity contribution is 7.89. The average Bonchev–Trinajstić information content (AvgIpc) is 3.50. The Labute approximate surface area is 296 Å². The van der Waals surface area contributed by atoms with Crippen molar-refractivity contribution < 1.29 is 27.9 Å². The van der Waals surface area contributed by atoms with Crippen LogP contribution in [0, 0.1) is 19.3 Å². The number of carbonyl (C=O) groups excluding carboxylic acids is 1. The molecule has 1 amide bonds. The summed E-state index contributed by atoms with van der Waals surface area (Å²) in [6.45, 7) is 12.5. The molecule has 2 aromatic heterocycles. The normalized spacial score (nSPS) is 16.5. The number of carboxylic acids is 1. The molecule has 0 spiro atoms. The van der Waals surface area contributed by atoms with Crippen LogP contribution in [0.3, 0.4) is 0 Å². The van der Waals surface area contributed by atoms with E-state index in [-0.39, 0.29) is 41.5 Å². The first-order chi connectivity index (χ1) is 24.3. The third-order valence-corrected chi connectivity index (χ3v) is 11.5. The van der Waals surface area contributed by atoms with Crippen LogP contribution in [0.1, 0.15) is 78.5 Å². The summed E-state index contributed by atoms with van der Waals surface area (Å²) >= 11 is 0. The minimum Gasteiger partial charge on any atom is -0.488 e. The zero-order valence-corrected chi connectivity index (χ0v) is 30.2. The van der Waals surface area contributed by atoms with Crippen molar-refractivity contribution in [2.45, 2.75) is 78.0 Å². The second-order valence-electron chi connectivity index (χ2n) is 13.3. The molecule has 2 N–H and O–H groups in total. The fraction of sp³-hybridized carbons (Fsp3) is 0.351. The summed E-state index contributed by atoms with van der Waals surface area (Å²) in [6, 6.07) is 16.6. The van der Waals surface area contributed by atoms with Gasteiger partial charge in [0, 0.05) is 19.0 Å². The van der Waals surface area contributed by atoms with E-state index in [1.54, 1.807) is 24.3 Å². The first kappa shape index (κ1) is 35.6. The van der Waals surface area contributed by atoms with Gasteiger partial charge >= 0.3 is 5.97 Å². The summed E-state index contributed by atoms with van der Waals surface area (Å²) in [6.07, 6.45) is 2.81. The Morgan fingerprint density at radius 2 is 1.78 bits per heavy atom. The molecule has 0 unspecified atom stereocenters. The first-order valence-electron chi connectivity index (χ1n) is 16.8. The summed E-state index contributed by atoms with van der Waals surface area (Å²) in [5.74, 6) is -2.20. The molecule has 5 aromatic rings. The Kier molecular flexibility index (Phi) is 9.66. The third kappa shape index (κ3) is 6.68. The number of aryl methyl sites for hydroxylation is 3. The zero-order chi connectivity index (χ0) is 36.7. The van der Waals surface area contributed by atoms with Crippen molar-refractivity contribution in [3.05, 3.63) is 101 Å². The molecule has 3 heterocycles. The molecule has 1 aliphatic rings. The van der Waals surface area contributed by atoms with E-state index in [9.17, 15) is 23.1 Å². The van der Waals surface area contributed by atoms with Gasteiger partial charge in [0.25, 0.3) is 0 Å². The highest BCUT2D eigenvalue weighted by Crippen LogP contribution is 2.45. The topological polar surface area (TPSA) is 169 Å². The number of carboxylic acid groups (broad SMARTS) is 1. The highest BCUT2D eigenvalue weighted by atomic mass is 32.2. The molecule has 13 nitrogen and oxygen atoms in total. The number of nitrogens with zero attached hydrogens (tertiary/aromatic N) is 6. The molecular formula is C37H41N7O6S. The van der Waals surface area contributed by atoms with Crippen LogP contribution in [-0.4, -0.2) is 67.3 Å². The molecule has 3 aromatic carbocycles. The molecular weight excluding hydrogens is 671 g/mol. The van der Waals surface area contributed by atoms with Gasteiger partial charge < -0.3 is 15.2 Å². The van der Waals surface area contributed by atoms with Crippen LogP contribution in [0.4, 0.5) is 5.69 Å².